The van der Waals surface area contributed by atoms with E-state index >= 15 is 0 Å². The Kier molecular flexibility index (Phi) is 5.15. The number of halogens is 2. The Labute approximate surface area is 131 Å². The summed E-state index contributed by atoms with van der Waals surface area (Å²) in [5, 5.41) is 3.07. The molecular weight excluding hydrogens is 340 g/mol. The molecule has 0 bridgehead atoms. The Hall–Kier alpha value is -1.39. The van der Waals surface area contributed by atoms with Crippen molar-refractivity contribution >= 4 is 39.1 Å². The summed E-state index contributed by atoms with van der Waals surface area (Å²) in [6.45, 7) is 2.04. The normalized spacial score (nSPS) is 10.3. The van der Waals surface area contributed by atoms with Crippen molar-refractivity contribution in [1.29, 1.82) is 0 Å². The number of hydrogen-bond donors (Lipinski definition) is 1. The molecule has 1 heterocycles. The van der Waals surface area contributed by atoms with E-state index in [-0.39, 0.29) is 11.1 Å². The van der Waals surface area contributed by atoms with Crippen LogP contribution >= 0.6 is 27.5 Å². The second kappa shape index (κ2) is 6.86. The molecule has 0 saturated heterocycles. The van der Waals surface area contributed by atoms with Crippen LogP contribution in [-0.2, 0) is 11.2 Å². The van der Waals surface area contributed by atoms with Crippen molar-refractivity contribution in [3.05, 3.63) is 57.3 Å². The van der Waals surface area contributed by atoms with Crippen LogP contribution in [-0.4, -0.2) is 10.9 Å². The van der Waals surface area contributed by atoms with E-state index in [9.17, 15) is 4.79 Å². The first-order valence-corrected chi connectivity index (χ1v) is 7.39. The van der Waals surface area contributed by atoms with Gasteiger partial charge in [0.1, 0.15) is 0 Å². The van der Waals surface area contributed by atoms with Crippen molar-refractivity contribution in [2.45, 2.75) is 19.8 Å². The van der Waals surface area contributed by atoms with Gasteiger partial charge in [0.15, 0.2) is 5.15 Å². The molecule has 1 N–H and O–H groups in total. The maximum atomic E-state index is 11.9. The van der Waals surface area contributed by atoms with Gasteiger partial charge in [-0.25, -0.2) is 4.98 Å². The molecule has 0 aliphatic carbocycles. The third-order valence-electron chi connectivity index (χ3n) is 2.96. The van der Waals surface area contributed by atoms with Crippen LogP contribution in [0.3, 0.4) is 0 Å². The summed E-state index contributed by atoms with van der Waals surface area (Å²) in [5.74, 6) is -0.0740. The lowest BCUT2D eigenvalue weighted by molar-refractivity contribution is -0.116. The van der Waals surface area contributed by atoms with Crippen molar-refractivity contribution in [2.75, 3.05) is 5.32 Å². The van der Waals surface area contributed by atoms with Gasteiger partial charge in [-0.1, -0.05) is 35.9 Å². The van der Waals surface area contributed by atoms with Crippen LogP contribution in [0, 0.1) is 6.92 Å². The fourth-order valence-electron chi connectivity index (χ4n) is 1.86. The summed E-state index contributed by atoms with van der Waals surface area (Å²) in [6.07, 6.45) is 2.70. The van der Waals surface area contributed by atoms with Crippen molar-refractivity contribution < 1.29 is 4.79 Å². The maximum Gasteiger partial charge on any atom is 0.224 e. The summed E-state index contributed by atoms with van der Waals surface area (Å²) in [6, 6.07) is 9.79. The molecule has 5 heteroatoms. The van der Waals surface area contributed by atoms with Gasteiger partial charge >= 0.3 is 0 Å². The summed E-state index contributed by atoms with van der Waals surface area (Å²) < 4.78 is 0.774. The molecule has 0 unspecified atom stereocenters. The molecule has 1 aromatic heterocycles. The number of amides is 1. The van der Waals surface area contributed by atoms with Gasteiger partial charge in [-0.15, -0.1) is 0 Å². The van der Waals surface area contributed by atoms with Gasteiger partial charge in [-0.3, -0.25) is 4.79 Å². The lowest BCUT2D eigenvalue weighted by Gasteiger charge is -2.08. The Morgan fingerprint density at radius 3 is 2.90 bits per heavy atom. The van der Waals surface area contributed by atoms with Crippen LogP contribution in [0.2, 0.25) is 5.15 Å². The molecule has 0 atom stereocenters. The number of aryl methyl sites for hydroxylation is 2. The first kappa shape index (κ1) is 15.0. The molecule has 0 aliphatic rings. The van der Waals surface area contributed by atoms with E-state index in [2.05, 4.69) is 26.2 Å². The van der Waals surface area contributed by atoms with E-state index in [0.717, 1.165) is 4.47 Å². The lowest BCUT2D eigenvalue weighted by atomic mass is 10.0. The molecule has 3 nitrogen and oxygen atoms in total. The average molecular weight is 354 g/mol. The Morgan fingerprint density at radius 1 is 1.40 bits per heavy atom. The molecular formula is C15H14BrClN2O. The summed E-state index contributed by atoms with van der Waals surface area (Å²) in [7, 11) is 0. The fourth-order valence-corrected chi connectivity index (χ4v) is 2.34. The molecule has 0 saturated carbocycles. The molecule has 0 aliphatic heterocycles. The number of rotatable bonds is 4. The average Bonchev–Trinajstić information content (AvgIpc) is 2.42. The molecule has 1 amide bonds. The zero-order valence-corrected chi connectivity index (χ0v) is 13.3. The predicted octanol–water partition coefficient (Wildman–Crippen LogP) is 4.38. The number of carbonyl (C=O) groups is 1. The van der Waals surface area contributed by atoms with Crippen LogP contribution < -0.4 is 5.32 Å². The second-order valence-electron chi connectivity index (χ2n) is 4.47. The van der Waals surface area contributed by atoms with E-state index in [1.807, 2.05) is 31.2 Å². The van der Waals surface area contributed by atoms with Gasteiger partial charge in [-0.2, -0.15) is 0 Å². The minimum absolute atomic E-state index is 0.0740. The summed E-state index contributed by atoms with van der Waals surface area (Å²) >= 11 is 9.24. The second-order valence-corrected chi connectivity index (χ2v) is 5.74. The topological polar surface area (TPSA) is 42.0 Å². The third-order valence-corrected chi connectivity index (χ3v) is 3.70. The van der Waals surface area contributed by atoms with E-state index in [1.54, 1.807) is 12.3 Å². The number of carbonyl (C=O) groups excluding carboxylic acids is 1. The van der Waals surface area contributed by atoms with Crippen LogP contribution in [0.15, 0.2) is 41.0 Å². The van der Waals surface area contributed by atoms with E-state index in [4.69, 9.17) is 11.6 Å². The van der Waals surface area contributed by atoms with Crippen LogP contribution in [0.4, 0.5) is 5.69 Å². The standard InChI is InChI=1S/C15H14BrClN2O/c1-10-4-2-3-5-11(10)6-7-14(20)19-13-8-12(16)9-18-15(13)17/h2-5,8-9H,6-7H2,1H3,(H,19,20). The van der Waals surface area contributed by atoms with E-state index in [0.29, 0.717) is 18.5 Å². The summed E-state index contributed by atoms with van der Waals surface area (Å²) in [5.41, 5.74) is 2.90. The number of pyridine rings is 1. The first-order chi connectivity index (χ1) is 9.56. The minimum atomic E-state index is -0.0740. The maximum absolute atomic E-state index is 11.9. The van der Waals surface area contributed by atoms with E-state index < -0.39 is 0 Å². The molecule has 0 radical (unpaired) electrons. The molecule has 104 valence electrons. The molecule has 0 fully saturated rings. The highest BCUT2D eigenvalue weighted by Crippen LogP contribution is 2.23. The lowest BCUT2D eigenvalue weighted by Crippen LogP contribution is -2.13. The van der Waals surface area contributed by atoms with Gasteiger partial charge in [0.25, 0.3) is 0 Å². The monoisotopic (exact) mass is 352 g/mol. The van der Waals surface area contributed by atoms with Gasteiger partial charge in [-0.05, 0) is 46.5 Å². The highest BCUT2D eigenvalue weighted by atomic mass is 79.9. The molecule has 1 aromatic carbocycles. The van der Waals surface area contributed by atoms with Gasteiger partial charge in [0.2, 0.25) is 5.91 Å². The van der Waals surface area contributed by atoms with Crippen molar-refractivity contribution in [1.82, 2.24) is 4.98 Å². The number of nitrogens with one attached hydrogen (secondary N) is 1. The van der Waals surface area contributed by atoms with Crippen molar-refractivity contribution in [3.63, 3.8) is 0 Å². The number of nitrogens with zero attached hydrogens (tertiary/aromatic N) is 1. The number of benzene rings is 1. The summed E-state index contributed by atoms with van der Waals surface area (Å²) in [4.78, 5) is 15.9. The third kappa shape index (κ3) is 4.05. The zero-order chi connectivity index (χ0) is 14.5. The Bertz CT molecular complexity index is 631. The smallest absolute Gasteiger partial charge is 0.224 e. The predicted molar refractivity (Wildman–Crippen MR) is 85.1 cm³/mol. The fraction of sp³-hybridized carbons (Fsp3) is 0.200. The molecule has 2 aromatic rings. The van der Waals surface area contributed by atoms with Gasteiger partial charge in [0, 0.05) is 17.1 Å². The Morgan fingerprint density at radius 2 is 2.15 bits per heavy atom. The molecule has 2 rings (SSSR count). The van der Waals surface area contributed by atoms with Crippen molar-refractivity contribution in [2.24, 2.45) is 0 Å². The number of hydrogen-bond acceptors (Lipinski definition) is 2. The SMILES string of the molecule is Cc1ccccc1CCC(=O)Nc1cc(Br)cnc1Cl. The highest BCUT2D eigenvalue weighted by molar-refractivity contribution is 9.10. The quantitative estimate of drug-likeness (QED) is 0.829. The van der Waals surface area contributed by atoms with Crippen LogP contribution in [0.25, 0.3) is 0 Å². The van der Waals surface area contributed by atoms with Gasteiger partial charge in [0.05, 0.1) is 5.69 Å². The number of anilines is 1. The Balaban J connectivity index is 1.96. The highest BCUT2D eigenvalue weighted by Gasteiger charge is 2.08. The largest absolute Gasteiger partial charge is 0.323 e. The van der Waals surface area contributed by atoms with E-state index in [1.165, 1.54) is 11.1 Å². The first-order valence-electron chi connectivity index (χ1n) is 6.21. The van der Waals surface area contributed by atoms with Crippen LogP contribution in [0.1, 0.15) is 17.5 Å². The minimum Gasteiger partial charge on any atom is -0.323 e. The molecule has 0 spiro atoms. The molecule has 20 heavy (non-hydrogen) atoms. The number of aromatic nitrogens is 1. The zero-order valence-electron chi connectivity index (χ0n) is 11.0. The van der Waals surface area contributed by atoms with Crippen molar-refractivity contribution in [3.8, 4) is 0 Å². The van der Waals surface area contributed by atoms with Gasteiger partial charge < -0.3 is 5.32 Å². The van der Waals surface area contributed by atoms with Crippen LogP contribution in [0.5, 0.6) is 0 Å².